The highest BCUT2D eigenvalue weighted by molar-refractivity contribution is 5.87. The highest BCUT2D eigenvalue weighted by Crippen LogP contribution is 2.34. The van der Waals surface area contributed by atoms with Gasteiger partial charge in [-0.1, -0.05) is 113 Å². The number of aryl methyl sites for hydroxylation is 2. The molecule has 0 radical (unpaired) electrons. The third kappa shape index (κ3) is 5.34. The van der Waals surface area contributed by atoms with E-state index in [2.05, 4.69) is 74.5 Å². The lowest BCUT2D eigenvalue weighted by Crippen LogP contribution is -2.15. The zero-order valence-electron chi connectivity index (χ0n) is 19.0. The Kier molecular flexibility index (Phi) is 7.26. The maximum absolute atomic E-state index is 2.35. The molecule has 0 heterocycles. The molecule has 30 heavy (non-hydrogen) atoms. The zero-order chi connectivity index (χ0) is 20.8. The molecule has 0 nitrogen and oxygen atoms in total. The molecular weight excluding hydrogens is 360 g/mol. The molecule has 0 aromatic heterocycles. The third-order valence-corrected chi connectivity index (χ3v) is 7.24. The quantitative estimate of drug-likeness (QED) is 0.355. The zero-order valence-corrected chi connectivity index (χ0v) is 19.0. The van der Waals surface area contributed by atoms with Gasteiger partial charge >= 0.3 is 0 Å². The summed E-state index contributed by atoms with van der Waals surface area (Å²) in [6, 6.07) is 23.2. The van der Waals surface area contributed by atoms with Gasteiger partial charge in [-0.05, 0) is 70.2 Å². The SMILES string of the molecule is CCCc1ccc2cc(-c3ccc(CCC4CCC(CCC)CC4)cc3)ccc2c1. The molecule has 0 aliphatic heterocycles. The number of rotatable bonds is 8. The fourth-order valence-electron chi connectivity index (χ4n) is 5.37. The van der Waals surface area contributed by atoms with Crippen molar-refractivity contribution in [3.63, 3.8) is 0 Å². The average molecular weight is 399 g/mol. The minimum atomic E-state index is 0.955. The van der Waals surface area contributed by atoms with Crippen LogP contribution < -0.4 is 0 Å². The summed E-state index contributed by atoms with van der Waals surface area (Å²) in [6.45, 7) is 4.58. The highest BCUT2D eigenvalue weighted by Gasteiger charge is 2.20. The van der Waals surface area contributed by atoms with Crippen molar-refractivity contribution in [2.24, 2.45) is 11.8 Å². The minimum Gasteiger partial charge on any atom is -0.0654 e. The van der Waals surface area contributed by atoms with E-state index in [1.807, 2.05) is 0 Å². The smallest absolute Gasteiger partial charge is 0.0178 e. The van der Waals surface area contributed by atoms with Crippen LogP contribution in [0.5, 0.6) is 0 Å². The van der Waals surface area contributed by atoms with Crippen molar-refractivity contribution in [2.75, 3.05) is 0 Å². The summed E-state index contributed by atoms with van der Waals surface area (Å²) in [5.41, 5.74) is 5.60. The Morgan fingerprint density at radius 1 is 0.567 bits per heavy atom. The van der Waals surface area contributed by atoms with Gasteiger partial charge in [-0.2, -0.15) is 0 Å². The summed E-state index contributed by atoms with van der Waals surface area (Å²) in [7, 11) is 0. The molecule has 1 saturated carbocycles. The van der Waals surface area contributed by atoms with Gasteiger partial charge in [0, 0.05) is 0 Å². The fraction of sp³-hybridized carbons (Fsp3) is 0.467. The van der Waals surface area contributed by atoms with Crippen LogP contribution in [0.3, 0.4) is 0 Å². The maximum atomic E-state index is 2.35. The predicted molar refractivity (Wildman–Crippen MR) is 132 cm³/mol. The first-order valence-electron chi connectivity index (χ1n) is 12.4. The van der Waals surface area contributed by atoms with Gasteiger partial charge in [-0.15, -0.1) is 0 Å². The van der Waals surface area contributed by atoms with Crippen molar-refractivity contribution < 1.29 is 0 Å². The van der Waals surface area contributed by atoms with Crippen LogP contribution in [0.2, 0.25) is 0 Å². The van der Waals surface area contributed by atoms with E-state index >= 15 is 0 Å². The summed E-state index contributed by atoms with van der Waals surface area (Å²) in [4.78, 5) is 0. The van der Waals surface area contributed by atoms with Crippen LogP contribution in [-0.2, 0) is 12.8 Å². The molecule has 1 fully saturated rings. The van der Waals surface area contributed by atoms with Crippen LogP contribution >= 0.6 is 0 Å². The summed E-state index contributed by atoms with van der Waals surface area (Å²) >= 11 is 0. The molecule has 3 aromatic rings. The molecule has 0 N–H and O–H groups in total. The second-order valence-electron chi connectivity index (χ2n) is 9.56. The molecule has 4 rings (SSSR count). The average Bonchev–Trinajstić information content (AvgIpc) is 2.79. The Labute approximate surface area is 183 Å². The molecule has 0 saturated heterocycles. The molecule has 1 aliphatic carbocycles. The van der Waals surface area contributed by atoms with E-state index in [4.69, 9.17) is 0 Å². The van der Waals surface area contributed by atoms with E-state index in [0.29, 0.717) is 0 Å². The van der Waals surface area contributed by atoms with E-state index in [9.17, 15) is 0 Å². The Morgan fingerprint density at radius 3 is 1.87 bits per heavy atom. The monoisotopic (exact) mass is 398 g/mol. The molecule has 0 unspecified atom stereocenters. The van der Waals surface area contributed by atoms with E-state index < -0.39 is 0 Å². The Hall–Kier alpha value is -2.08. The highest BCUT2D eigenvalue weighted by atomic mass is 14.3. The summed E-state index contributed by atoms with van der Waals surface area (Å²) in [5.74, 6) is 1.97. The van der Waals surface area contributed by atoms with Crippen LogP contribution in [0, 0.1) is 11.8 Å². The van der Waals surface area contributed by atoms with Crippen molar-refractivity contribution in [1.29, 1.82) is 0 Å². The van der Waals surface area contributed by atoms with Gasteiger partial charge in [0.2, 0.25) is 0 Å². The third-order valence-electron chi connectivity index (χ3n) is 7.24. The molecule has 158 valence electrons. The van der Waals surface area contributed by atoms with Crippen molar-refractivity contribution in [2.45, 2.75) is 78.1 Å². The van der Waals surface area contributed by atoms with Gasteiger partial charge in [0.25, 0.3) is 0 Å². The van der Waals surface area contributed by atoms with E-state index in [1.165, 1.54) is 97.2 Å². The molecule has 3 aromatic carbocycles. The van der Waals surface area contributed by atoms with Crippen LogP contribution in [0.4, 0.5) is 0 Å². The lowest BCUT2D eigenvalue weighted by atomic mass is 9.78. The van der Waals surface area contributed by atoms with E-state index in [1.54, 1.807) is 0 Å². The topological polar surface area (TPSA) is 0 Å². The lowest BCUT2D eigenvalue weighted by molar-refractivity contribution is 0.252. The molecular formula is C30H38. The molecule has 0 bridgehead atoms. The second-order valence-corrected chi connectivity index (χ2v) is 9.56. The van der Waals surface area contributed by atoms with E-state index in [0.717, 1.165) is 11.8 Å². The van der Waals surface area contributed by atoms with Crippen LogP contribution in [0.15, 0.2) is 60.7 Å². The molecule has 0 amide bonds. The standard InChI is InChI=1S/C30H38/c1-3-5-23-7-9-24(10-8-23)11-12-25-13-16-27(17-14-25)29-20-19-28-21-26(6-4-2)15-18-30(28)22-29/h13-24H,3-12H2,1-2H3. The number of hydrogen-bond donors (Lipinski definition) is 0. The first kappa shape index (κ1) is 21.2. The van der Waals surface area contributed by atoms with Crippen LogP contribution in [0.25, 0.3) is 21.9 Å². The van der Waals surface area contributed by atoms with Crippen LogP contribution in [-0.4, -0.2) is 0 Å². The first-order chi connectivity index (χ1) is 14.7. The van der Waals surface area contributed by atoms with Gasteiger partial charge in [-0.3, -0.25) is 0 Å². The van der Waals surface area contributed by atoms with Gasteiger partial charge < -0.3 is 0 Å². The van der Waals surface area contributed by atoms with Gasteiger partial charge in [0.1, 0.15) is 0 Å². The lowest BCUT2D eigenvalue weighted by Gasteiger charge is -2.28. The van der Waals surface area contributed by atoms with Gasteiger partial charge in [0.05, 0.1) is 0 Å². The molecule has 1 aliphatic rings. The van der Waals surface area contributed by atoms with E-state index in [-0.39, 0.29) is 0 Å². The maximum Gasteiger partial charge on any atom is -0.0178 e. The number of hydrogen-bond acceptors (Lipinski definition) is 0. The Morgan fingerprint density at radius 2 is 1.17 bits per heavy atom. The molecule has 0 heteroatoms. The largest absolute Gasteiger partial charge is 0.0654 e. The first-order valence-corrected chi connectivity index (χ1v) is 12.4. The second kappa shape index (κ2) is 10.3. The number of benzene rings is 3. The molecule has 0 spiro atoms. The van der Waals surface area contributed by atoms with Gasteiger partial charge in [0.15, 0.2) is 0 Å². The van der Waals surface area contributed by atoms with Crippen molar-refractivity contribution in [3.8, 4) is 11.1 Å². The predicted octanol–water partition coefficient (Wildman–Crippen LogP) is 9.00. The minimum absolute atomic E-state index is 0.955. The van der Waals surface area contributed by atoms with Crippen molar-refractivity contribution >= 4 is 10.8 Å². The Bertz CT molecular complexity index is 926. The summed E-state index contributed by atoms with van der Waals surface area (Å²) in [5, 5.41) is 2.70. The summed E-state index contributed by atoms with van der Waals surface area (Å²) in [6.07, 6.45) is 13.6. The van der Waals surface area contributed by atoms with Crippen molar-refractivity contribution in [1.82, 2.24) is 0 Å². The fourth-order valence-corrected chi connectivity index (χ4v) is 5.37. The number of fused-ring (bicyclic) bond motifs is 1. The molecule has 0 atom stereocenters. The van der Waals surface area contributed by atoms with Gasteiger partial charge in [-0.25, -0.2) is 0 Å². The van der Waals surface area contributed by atoms with Crippen LogP contribution in [0.1, 0.15) is 76.3 Å². The normalized spacial score (nSPS) is 19.3. The Balaban J connectivity index is 1.36. The summed E-state index contributed by atoms with van der Waals surface area (Å²) < 4.78 is 0. The van der Waals surface area contributed by atoms with Crippen molar-refractivity contribution in [3.05, 3.63) is 71.8 Å².